The van der Waals surface area contributed by atoms with E-state index in [9.17, 15) is 22.8 Å². The van der Waals surface area contributed by atoms with E-state index in [0.29, 0.717) is 10.4 Å². The van der Waals surface area contributed by atoms with Gasteiger partial charge in [0.15, 0.2) is 12.4 Å². The van der Waals surface area contributed by atoms with Crippen LogP contribution in [0.3, 0.4) is 0 Å². The van der Waals surface area contributed by atoms with Crippen molar-refractivity contribution < 1.29 is 27.5 Å². The molecule has 134 valence electrons. The molecule has 0 atom stereocenters. The fraction of sp³-hybridized carbons (Fsp3) is 0.294. The van der Waals surface area contributed by atoms with Crippen molar-refractivity contribution in [3.63, 3.8) is 0 Å². The summed E-state index contributed by atoms with van der Waals surface area (Å²) >= 11 is 1.33. The molecule has 1 amide bonds. The summed E-state index contributed by atoms with van der Waals surface area (Å²) in [5.74, 6) is -0.309. The summed E-state index contributed by atoms with van der Waals surface area (Å²) in [7, 11) is 0. The van der Waals surface area contributed by atoms with Gasteiger partial charge < -0.3 is 10.1 Å². The van der Waals surface area contributed by atoms with Gasteiger partial charge >= 0.3 is 6.18 Å². The zero-order valence-corrected chi connectivity index (χ0v) is 14.0. The van der Waals surface area contributed by atoms with Crippen molar-refractivity contribution in [1.82, 2.24) is 5.32 Å². The Bertz CT molecular complexity index is 714. The summed E-state index contributed by atoms with van der Waals surface area (Å²) in [4.78, 5) is 24.2. The molecule has 1 N–H and O–H groups in total. The number of halogens is 3. The molecule has 1 aromatic carbocycles. The summed E-state index contributed by atoms with van der Waals surface area (Å²) in [5, 5.41) is 4.43. The number of Topliss-reactive ketones (excluding diaryl/α,β-unsaturated/α-hetero) is 1. The van der Waals surface area contributed by atoms with E-state index in [0.717, 1.165) is 0 Å². The second-order valence-electron chi connectivity index (χ2n) is 5.23. The van der Waals surface area contributed by atoms with E-state index >= 15 is 0 Å². The van der Waals surface area contributed by atoms with E-state index in [4.69, 9.17) is 0 Å². The first kappa shape index (κ1) is 19.0. The van der Waals surface area contributed by atoms with Gasteiger partial charge in [-0.25, -0.2) is 0 Å². The average molecular weight is 371 g/mol. The minimum Gasteiger partial charge on any atom is -0.484 e. The number of ketones is 1. The Morgan fingerprint density at radius 3 is 2.60 bits per heavy atom. The highest BCUT2D eigenvalue weighted by molar-refractivity contribution is 7.12. The maximum absolute atomic E-state index is 12.1. The predicted octanol–water partition coefficient (Wildman–Crippen LogP) is 3.97. The topological polar surface area (TPSA) is 55.4 Å². The Hall–Kier alpha value is -2.35. The quantitative estimate of drug-likeness (QED) is 0.715. The van der Waals surface area contributed by atoms with E-state index in [1.807, 2.05) is 0 Å². The number of rotatable bonds is 8. The van der Waals surface area contributed by atoms with Crippen LogP contribution in [0.25, 0.3) is 0 Å². The molecular formula is C17H16F3NO3S. The molecule has 0 unspecified atom stereocenters. The maximum atomic E-state index is 12.1. The third-order valence-corrected chi connectivity index (χ3v) is 4.08. The van der Waals surface area contributed by atoms with E-state index in [2.05, 4.69) is 10.1 Å². The number of hydrogen-bond donors (Lipinski definition) is 1. The predicted molar refractivity (Wildman–Crippen MR) is 87.7 cm³/mol. The van der Waals surface area contributed by atoms with E-state index in [1.54, 1.807) is 29.6 Å². The first-order valence-corrected chi connectivity index (χ1v) is 8.33. The first-order valence-electron chi connectivity index (χ1n) is 7.45. The molecule has 25 heavy (non-hydrogen) atoms. The number of nitrogens with one attached hydrogen (secondary N) is 1. The molecule has 0 fully saturated rings. The van der Waals surface area contributed by atoms with Gasteiger partial charge in [0.1, 0.15) is 5.75 Å². The molecule has 0 aliphatic heterocycles. The number of alkyl halides is 3. The van der Waals surface area contributed by atoms with Gasteiger partial charge in [-0.3, -0.25) is 9.59 Å². The van der Waals surface area contributed by atoms with Crippen LogP contribution in [0.2, 0.25) is 0 Å². The molecule has 2 rings (SSSR count). The fourth-order valence-corrected chi connectivity index (χ4v) is 2.68. The van der Waals surface area contributed by atoms with E-state index in [-0.39, 0.29) is 36.8 Å². The molecule has 0 bridgehead atoms. The van der Waals surface area contributed by atoms with Gasteiger partial charge in [0.05, 0.1) is 4.88 Å². The SMILES string of the molecule is O=C(CCC(=O)c1cccs1)NCc1cccc(OCC(F)(F)F)c1. The van der Waals surface area contributed by atoms with Crippen LogP contribution in [-0.2, 0) is 11.3 Å². The van der Waals surface area contributed by atoms with Crippen molar-refractivity contribution in [3.8, 4) is 5.75 Å². The van der Waals surface area contributed by atoms with Crippen LogP contribution in [0.4, 0.5) is 13.2 Å². The minimum absolute atomic E-state index is 0.0565. The van der Waals surface area contributed by atoms with Crippen molar-refractivity contribution in [1.29, 1.82) is 0 Å². The second-order valence-corrected chi connectivity index (χ2v) is 6.18. The minimum atomic E-state index is -4.40. The average Bonchev–Trinajstić information content (AvgIpc) is 3.10. The number of benzene rings is 1. The fourth-order valence-electron chi connectivity index (χ4n) is 1.99. The maximum Gasteiger partial charge on any atom is 0.422 e. The number of amides is 1. The van der Waals surface area contributed by atoms with Crippen LogP contribution in [0.5, 0.6) is 5.75 Å². The third kappa shape index (κ3) is 6.96. The lowest BCUT2D eigenvalue weighted by Crippen LogP contribution is -2.23. The molecule has 0 aliphatic rings. The van der Waals surface area contributed by atoms with Gasteiger partial charge in [-0.15, -0.1) is 11.3 Å². The molecule has 0 radical (unpaired) electrons. The standard InChI is InChI=1S/C17H16F3NO3S/c18-17(19,20)11-24-13-4-1-3-12(9-13)10-21-16(23)7-6-14(22)15-5-2-8-25-15/h1-5,8-9H,6-7,10-11H2,(H,21,23). The van der Waals surface area contributed by atoms with Crippen molar-refractivity contribution in [2.75, 3.05) is 6.61 Å². The van der Waals surface area contributed by atoms with E-state index < -0.39 is 12.8 Å². The van der Waals surface area contributed by atoms with E-state index in [1.165, 1.54) is 23.5 Å². The Morgan fingerprint density at radius 2 is 1.92 bits per heavy atom. The van der Waals surface area contributed by atoms with Crippen molar-refractivity contribution in [2.24, 2.45) is 0 Å². The van der Waals surface area contributed by atoms with Crippen LogP contribution in [0.1, 0.15) is 28.1 Å². The largest absolute Gasteiger partial charge is 0.484 e. The van der Waals surface area contributed by atoms with Gasteiger partial charge in [-0.1, -0.05) is 18.2 Å². The smallest absolute Gasteiger partial charge is 0.422 e. The van der Waals surface area contributed by atoms with Crippen molar-refractivity contribution in [3.05, 3.63) is 52.2 Å². The number of carbonyl (C=O) groups is 2. The molecule has 0 aliphatic carbocycles. The number of hydrogen-bond acceptors (Lipinski definition) is 4. The van der Waals surface area contributed by atoms with Crippen LogP contribution >= 0.6 is 11.3 Å². The molecule has 0 saturated carbocycles. The molecule has 4 nitrogen and oxygen atoms in total. The van der Waals surface area contributed by atoms with Gasteiger partial charge in [0.2, 0.25) is 5.91 Å². The number of ether oxygens (including phenoxy) is 1. The van der Waals surface area contributed by atoms with Crippen molar-refractivity contribution in [2.45, 2.75) is 25.6 Å². The highest BCUT2D eigenvalue weighted by Gasteiger charge is 2.28. The number of thiophene rings is 1. The van der Waals surface area contributed by atoms with Crippen LogP contribution in [0, 0.1) is 0 Å². The lowest BCUT2D eigenvalue weighted by Gasteiger charge is -2.10. The summed E-state index contributed by atoms with van der Waals surface area (Å²) in [5.41, 5.74) is 0.609. The summed E-state index contributed by atoms with van der Waals surface area (Å²) in [6.45, 7) is -1.22. The first-order chi connectivity index (χ1) is 11.8. The Morgan fingerprint density at radius 1 is 1.12 bits per heavy atom. The van der Waals surface area contributed by atoms with Crippen LogP contribution in [0.15, 0.2) is 41.8 Å². The second kappa shape index (κ2) is 8.66. The molecule has 8 heteroatoms. The van der Waals surface area contributed by atoms with Crippen LogP contribution in [-0.4, -0.2) is 24.5 Å². The van der Waals surface area contributed by atoms with Gasteiger partial charge in [-0.05, 0) is 29.1 Å². The molecule has 0 spiro atoms. The lowest BCUT2D eigenvalue weighted by atomic mass is 10.1. The summed E-state index contributed by atoms with van der Waals surface area (Å²) in [6, 6.07) is 9.54. The Labute approximate surface area is 146 Å². The highest BCUT2D eigenvalue weighted by atomic mass is 32.1. The normalized spacial score (nSPS) is 11.2. The third-order valence-electron chi connectivity index (χ3n) is 3.17. The van der Waals surface area contributed by atoms with Gasteiger partial charge in [-0.2, -0.15) is 13.2 Å². The molecule has 1 aromatic heterocycles. The van der Waals surface area contributed by atoms with Crippen molar-refractivity contribution >= 4 is 23.0 Å². The number of carbonyl (C=O) groups excluding carboxylic acids is 2. The Kier molecular flexibility index (Phi) is 6.58. The Balaban J connectivity index is 1.76. The van der Waals surface area contributed by atoms with Gasteiger partial charge in [0.25, 0.3) is 0 Å². The van der Waals surface area contributed by atoms with Gasteiger partial charge in [0, 0.05) is 19.4 Å². The molecule has 0 saturated heterocycles. The zero-order chi connectivity index (χ0) is 18.3. The van der Waals surface area contributed by atoms with Crippen LogP contribution < -0.4 is 10.1 Å². The molecule has 1 heterocycles. The highest BCUT2D eigenvalue weighted by Crippen LogP contribution is 2.19. The summed E-state index contributed by atoms with van der Waals surface area (Å²) in [6.07, 6.45) is -4.23. The molecular weight excluding hydrogens is 355 g/mol. The monoisotopic (exact) mass is 371 g/mol. The molecule has 2 aromatic rings. The lowest BCUT2D eigenvalue weighted by molar-refractivity contribution is -0.153. The summed E-state index contributed by atoms with van der Waals surface area (Å²) < 4.78 is 41.1. The zero-order valence-electron chi connectivity index (χ0n) is 13.1.